The number of amides is 2. The Morgan fingerprint density at radius 3 is 2.68 bits per heavy atom. The third-order valence-corrected chi connectivity index (χ3v) is 6.09. The van der Waals surface area contributed by atoms with Gasteiger partial charge in [0.1, 0.15) is 0 Å². The Morgan fingerprint density at radius 2 is 1.93 bits per heavy atom. The van der Waals surface area contributed by atoms with Gasteiger partial charge < -0.3 is 4.90 Å². The summed E-state index contributed by atoms with van der Waals surface area (Å²) < 4.78 is 0. The molecule has 6 nitrogen and oxygen atoms in total. The number of carbonyl (C=O) groups excluding carboxylic acids is 2. The maximum absolute atomic E-state index is 12.7. The topological polar surface area (TPSA) is 65.9 Å². The van der Waals surface area contributed by atoms with Crippen molar-refractivity contribution in [2.45, 2.75) is 45.1 Å². The number of benzene rings is 1. The van der Waals surface area contributed by atoms with Crippen molar-refractivity contribution in [3.8, 4) is 0 Å². The smallest absolute Gasteiger partial charge is 0.243 e. The van der Waals surface area contributed by atoms with Gasteiger partial charge in [0.2, 0.25) is 11.8 Å². The van der Waals surface area contributed by atoms with Crippen LogP contribution >= 0.6 is 11.3 Å². The molecule has 0 aliphatic carbocycles. The van der Waals surface area contributed by atoms with Crippen molar-refractivity contribution >= 4 is 28.9 Å². The van der Waals surface area contributed by atoms with E-state index in [-0.39, 0.29) is 30.7 Å². The van der Waals surface area contributed by atoms with Gasteiger partial charge in [0.25, 0.3) is 0 Å². The molecule has 3 heterocycles. The molecule has 0 saturated carbocycles. The quantitative estimate of drug-likeness (QED) is 0.776. The molecule has 0 spiro atoms. The number of likely N-dealkylation sites (tertiary alicyclic amines) is 1. The molecule has 0 radical (unpaired) electrons. The predicted octanol–water partition coefficient (Wildman–Crippen LogP) is 3.53. The van der Waals surface area contributed by atoms with Crippen LogP contribution in [0.3, 0.4) is 0 Å². The summed E-state index contributed by atoms with van der Waals surface area (Å²) in [6.45, 7) is 3.31. The Bertz CT molecular complexity index is 893. The average Bonchev–Trinajstić information content (AvgIpc) is 3.46. The fourth-order valence-corrected chi connectivity index (χ4v) is 4.52. The molecule has 1 aromatic carbocycles. The Kier molecular flexibility index (Phi) is 5.52. The first-order valence-corrected chi connectivity index (χ1v) is 10.6. The van der Waals surface area contributed by atoms with E-state index in [0.717, 1.165) is 47.8 Å². The van der Waals surface area contributed by atoms with Gasteiger partial charge in [0.15, 0.2) is 0 Å². The monoisotopic (exact) mass is 396 g/mol. The molecule has 2 aromatic rings. The van der Waals surface area contributed by atoms with Crippen molar-refractivity contribution in [2.75, 3.05) is 13.1 Å². The van der Waals surface area contributed by atoms with Crippen molar-refractivity contribution in [1.29, 1.82) is 0 Å². The summed E-state index contributed by atoms with van der Waals surface area (Å²) in [4.78, 5) is 31.7. The van der Waals surface area contributed by atoms with E-state index in [4.69, 9.17) is 0 Å². The summed E-state index contributed by atoms with van der Waals surface area (Å²) in [6.07, 6.45) is 3.10. The highest BCUT2D eigenvalue weighted by molar-refractivity contribution is 7.09. The van der Waals surface area contributed by atoms with E-state index in [0.29, 0.717) is 6.54 Å². The minimum atomic E-state index is -0.0838. The molecule has 4 rings (SSSR count). The fraction of sp³-hybridized carbons (Fsp3) is 0.429. The second-order valence-corrected chi connectivity index (χ2v) is 8.28. The summed E-state index contributed by atoms with van der Waals surface area (Å²) in [7, 11) is 0. The molecule has 1 aromatic heterocycles. The number of hydrogen-bond acceptors (Lipinski definition) is 5. The Labute approximate surface area is 168 Å². The molecule has 28 heavy (non-hydrogen) atoms. The first-order valence-electron chi connectivity index (χ1n) is 9.76. The summed E-state index contributed by atoms with van der Waals surface area (Å²) in [5.74, 6) is -0.0486. The second-order valence-electron chi connectivity index (χ2n) is 7.22. The van der Waals surface area contributed by atoms with E-state index >= 15 is 0 Å². The van der Waals surface area contributed by atoms with Crippen molar-refractivity contribution in [3.63, 3.8) is 0 Å². The molecule has 2 amide bonds. The maximum atomic E-state index is 12.7. The molecule has 2 aliphatic rings. The number of aromatic nitrogens is 1. The highest BCUT2D eigenvalue weighted by atomic mass is 32.1. The molecular formula is C21H24N4O2S. The van der Waals surface area contributed by atoms with E-state index in [1.54, 1.807) is 11.3 Å². The zero-order valence-corrected chi connectivity index (χ0v) is 16.8. The number of carbonyl (C=O) groups is 2. The van der Waals surface area contributed by atoms with E-state index in [1.165, 1.54) is 5.01 Å². The minimum absolute atomic E-state index is 0.0352. The molecule has 1 unspecified atom stereocenters. The molecular weight excluding hydrogens is 372 g/mol. The lowest BCUT2D eigenvalue weighted by Gasteiger charge is -2.23. The molecule has 7 heteroatoms. The summed E-state index contributed by atoms with van der Waals surface area (Å²) in [5, 5.41) is 9.04. The van der Waals surface area contributed by atoms with Crippen LogP contribution in [-0.4, -0.2) is 45.5 Å². The number of hydrogen-bond donors (Lipinski definition) is 0. The van der Waals surface area contributed by atoms with E-state index < -0.39 is 0 Å². The second kappa shape index (κ2) is 8.22. The lowest BCUT2D eigenvalue weighted by atomic mass is 10.1. The van der Waals surface area contributed by atoms with Crippen LogP contribution < -0.4 is 0 Å². The van der Waals surface area contributed by atoms with Gasteiger partial charge in [-0.15, -0.1) is 11.3 Å². The van der Waals surface area contributed by atoms with Crippen LogP contribution in [0, 0.1) is 6.92 Å². The van der Waals surface area contributed by atoms with E-state index in [2.05, 4.69) is 10.1 Å². The lowest BCUT2D eigenvalue weighted by molar-refractivity contribution is -0.137. The molecule has 1 fully saturated rings. The van der Waals surface area contributed by atoms with Crippen LogP contribution in [-0.2, 0) is 9.59 Å². The van der Waals surface area contributed by atoms with Crippen molar-refractivity contribution in [3.05, 3.63) is 52.0 Å². The van der Waals surface area contributed by atoms with Gasteiger partial charge in [-0.1, -0.05) is 30.3 Å². The Morgan fingerprint density at radius 1 is 1.14 bits per heavy atom. The van der Waals surface area contributed by atoms with Gasteiger partial charge in [-0.3, -0.25) is 9.59 Å². The van der Waals surface area contributed by atoms with Crippen LogP contribution in [0.15, 0.2) is 40.8 Å². The van der Waals surface area contributed by atoms with Gasteiger partial charge in [0, 0.05) is 31.2 Å². The van der Waals surface area contributed by atoms with Gasteiger partial charge in [0.05, 0.1) is 29.0 Å². The van der Waals surface area contributed by atoms with Crippen molar-refractivity contribution < 1.29 is 9.59 Å². The summed E-state index contributed by atoms with van der Waals surface area (Å²) in [6, 6.07) is 9.97. The third-order valence-electron chi connectivity index (χ3n) is 5.30. The molecule has 146 valence electrons. The molecule has 0 bridgehead atoms. The maximum Gasteiger partial charge on any atom is 0.243 e. The zero-order valence-electron chi connectivity index (χ0n) is 16.0. The minimum Gasteiger partial charge on any atom is -0.334 e. The summed E-state index contributed by atoms with van der Waals surface area (Å²) in [5.41, 5.74) is 2.96. The van der Waals surface area contributed by atoms with Crippen molar-refractivity contribution in [1.82, 2.24) is 14.9 Å². The zero-order chi connectivity index (χ0) is 19.5. The van der Waals surface area contributed by atoms with Crippen LogP contribution in [0.2, 0.25) is 0 Å². The summed E-state index contributed by atoms with van der Waals surface area (Å²) >= 11 is 1.61. The Balaban J connectivity index is 1.33. The first-order chi connectivity index (χ1) is 13.6. The lowest BCUT2D eigenvalue weighted by Crippen LogP contribution is -2.32. The number of aryl methyl sites for hydroxylation is 1. The normalized spacial score (nSPS) is 19.2. The number of rotatable bonds is 5. The van der Waals surface area contributed by atoms with Gasteiger partial charge in [-0.25, -0.2) is 9.99 Å². The van der Waals surface area contributed by atoms with E-state index in [9.17, 15) is 9.59 Å². The average molecular weight is 397 g/mol. The molecule has 2 aliphatic heterocycles. The highest BCUT2D eigenvalue weighted by Crippen LogP contribution is 2.33. The highest BCUT2D eigenvalue weighted by Gasteiger charge is 2.32. The van der Waals surface area contributed by atoms with E-state index in [1.807, 2.05) is 47.5 Å². The molecule has 0 N–H and O–H groups in total. The standard InChI is InChI=1S/C21H24N4O2S/c1-15-22-18(14-28-15)19-8-5-12-24(19)20(26)9-10-21(27)25-13-11-17(23-25)16-6-3-2-4-7-16/h2-4,6-7,14,19H,5,8-13H2,1H3. The number of nitrogens with zero attached hydrogens (tertiary/aromatic N) is 4. The number of hydrazone groups is 1. The number of thiazole rings is 1. The molecule has 1 atom stereocenters. The van der Waals surface area contributed by atoms with Gasteiger partial charge in [-0.05, 0) is 25.3 Å². The first kappa shape index (κ1) is 18.8. The SMILES string of the molecule is Cc1nc(C2CCCN2C(=O)CCC(=O)N2CCC(c3ccccc3)=N2)cs1. The van der Waals surface area contributed by atoms with Crippen LogP contribution in [0.1, 0.15) is 54.4 Å². The molecule has 1 saturated heterocycles. The predicted molar refractivity (Wildman–Crippen MR) is 109 cm³/mol. The fourth-order valence-electron chi connectivity index (χ4n) is 3.86. The van der Waals surface area contributed by atoms with Crippen LogP contribution in [0.5, 0.6) is 0 Å². The van der Waals surface area contributed by atoms with Gasteiger partial charge in [-0.2, -0.15) is 5.10 Å². The largest absolute Gasteiger partial charge is 0.334 e. The van der Waals surface area contributed by atoms with Gasteiger partial charge >= 0.3 is 0 Å². The van der Waals surface area contributed by atoms with Crippen molar-refractivity contribution in [2.24, 2.45) is 5.10 Å². The Hall–Kier alpha value is -2.54. The third kappa shape index (κ3) is 3.99. The van der Waals surface area contributed by atoms with Crippen LogP contribution in [0.4, 0.5) is 0 Å². The van der Waals surface area contributed by atoms with Crippen LogP contribution in [0.25, 0.3) is 0 Å².